The number of rotatable bonds is 6. The molecule has 4 aromatic heterocycles. The summed E-state index contributed by atoms with van der Waals surface area (Å²) >= 11 is 0. The lowest BCUT2D eigenvalue weighted by atomic mass is 10.0. The van der Waals surface area contributed by atoms with Gasteiger partial charge in [-0.3, -0.25) is 15.0 Å². The van der Waals surface area contributed by atoms with Crippen LogP contribution in [0.1, 0.15) is 11.1 Å². The van der Waals surface area contributed by atoms with Crippen molar-refractivity contribution in [3.8, 4) is 79.7 Å². The molecule has 48 heavy (non-hydrogen) atoms. The first-order valence-corrected chi connectivity index (χ1v) is 14.7. The molecule has 0 amide bonds. The van der Waals surface area contributed by atoms with Crippen LogP contribution in [0.25, 0.3) is 72.4 Å². The molecule has 9 heteroatoms. The molecule has 9 nitrogen and oxygen atoms in total. The van der Waals surface area contributed by atoms with Crippen LogP contribution in [0.5, 0.6) is 0 Å². The summed E-state index contributed by atoms with van der Waals surface area (Å²) in [5, 5.41) is 19.1. The molecule has 7 aromatic rings. The highest BCUT2D eigenvalue weighted by molar-refractivity contribution is 5.79. The Morgan fingerprint density at radius 3 is 1.15 bits per heavy atom. The number of pyridine rings is 3. The maximum Gasteiger partial charge on any atom is 0.212 e. The Hall–Kier alpha value is -7.41. The third-order valence-electron chi connectivity index (χ3n) is 7.80. The maximum absolute atomic E-state index is 9.56. The molecule has 4 heterocycles. The molecule has 0 saturated carbocycles. The van der Waals surface area contributed by atoms with E-state index >= 15 is 0 Å². The number of nitrogens with zero attached hydrogens (tertiary/aromatic N) is 9. The molecular formula is C39H21N9. The van der Waals surface area contributed by atoms with E-state index in [2.05, 4.69) is 31.9 Å². The molecule has 0 bridgehead atoms. The lowest BCUT2D eigenvalue weighted by molar-refractivity contribution is 1.07. The fourth-order valence-corrected chi connectivity index (χ4v) is 5.35. The van der Waals surface area contributed by atoms with Crippen molar-refractivity contribution >= 4 is 5.69 Å². The van der Waals surface area contributed by atoms with Gasteiger partial charge in [-0.15, -0.1) is 0 Å². The van der Waals surface area contributed by atoms with Crippen molar-refractivity contribution in [2.75, 3.05) is 0 Å². The number of hydrogen-bond donors (Lipinski definition) is 0. The Morgan fingerprint density at radius 2 is 0.771 bits per heavy atom. The Kier molecular flexibility index (Phi) is 7.88. The van der Waals surface area contributed by atoms with Crippen molar-refractivity contribution in [1.82, 2.24) is 29.9 Å². The summed E-state index contributed by atoms with van der Waals surface area (Å²) in [6.07, 6.45) is 9.67. The standard InChI is InChI=1S/C39H21N9/c1-42-36-24-45-19-16-35(36)27-6-12-30(13-7-27)39-47-37(28-8-2-25(3-9-28)33-14-17-43-22-31(33)20-40)46-38(48-39)29-10-4-26(5-11-29)34-15-18-44-23-32(34)21-41/h2-19,22-24H. The van der Waals surface area contributed by atoms with E-state index < -0.39 is 0 Å². The molecular weight excluding hydrogens is 594 g/mol. The molecule has 0 radical (unpaired) electrons. The number of benzene rings is 3. The van der Waals surface area contributed by atoms with Crippen LogP contribution < -0.4 is 0 Å². The Labute approximate surface area is 276 Å². The summed E-state index contributed by atoms with van der Waals surface area (Å²) in [7, 11) is 0. The summed E-state index contributed by atoms with van der Waals surface area (Å²) in [5.41, 5.74) is 8.81. The van der Waals surface area contributed by atoms with Crippen molar-refractivity contribution in [1.29, 1.82) is 10.5 Å². The summed E-state index contributed by atoms with van der Waals surface area (Å²) in [6.45, 7) is 7.51. The molecule has 0 aliphatic rings. The summed E-state index contributed by atoms with van der Waals surface area (Å²) < 4.78 is 0. The van der Waals surface area contributed by atoms with Crippen LogP contribution >= 0.6 is 0 Å². The van der Waals surface area contributed by atoms with Crippen molar-refractivity contribution in [3.63, 3.8) is 0 Å². The lowest BCUT2D eigenvalue weighted by Crippen LogP contribution is -2.00. The molecule has 7 rings (SSSR count). The fourth-order valence-electron chi connectivity index (χ4n) is 5.35. The lowest BCUT2D eigenvalue weighted by Gasteiger charge is -2.11. The van der Waals surface area contributed by atoms with Gasteiger partial charge in [0.05, 0.1) is 17.7 Å². The van der Waals surface area contributed by atoms with Gasteiger partial charge in [-0.2, -0.15) is 10.5 Å². The smallest absolute Gasteiger partial charge is 0.212 e. The van der Waals surface area contributed by atoms with Gasteiger partial charge in [0.1, 0.15) is 12.1 Å². The molecule has 0 N–H and O–H groups in total. The SMILES string of the molecule is [C-]#[N+]c1cnccc1-c1ccc(-c2nc(-c3ccc(-c4ccncc4C#N)cc3)nc(-c3ccc(-c4ccncc4C#N)cc3)n2)cc1. The minimum absolute atomic E-state index is 0.476. The summed E-state index contributed by atoms with van der Waals surface area (Å²) in [4.78, 5) is 30.4. The number of hydrogen-bond acceptors (Lipinski definition) is 8. The first-order chi connectivity index (χ1) is 23.6. The van der Waals surface area contributed by atoms with E-state index in [0.717, 1.165) is 50.1 Å². The van der Waals surface area contributed by atoms with Gasteiger partial charge in [0.15, 0.2) is 17.5 Å². The van der Waals surface area contributed by atoms with Crippen LogP contribution in [-0.4, -0.2) is 29.9 Å². The van der Waals surface area contributed by atoms with Gasteiger partial charge >= 0.3 is 0 Å². The van der Waals surface area contributed by atoms with Gasteiger partial charge in [0, 0.05) is 65.0 Å². The van der Waals surface area contributed by atoms with Gasteiger partial charge in [-0.1, -0.05) is 72.8 Å². The molecule has 0 unspecified atom stereocenters. The molecule has 0 atom stereocenters. The van der Waals surface area contributed by atoms with Crippen molar-refractivity contribution in [3.05, 3.63) is 151 Å². The first kappa shape index (κ1) is 29.3. The second-order valence-corrected chi connectivity index (χ2v) is 10.6. The molecule has 0 aliphatic carbocycles. The average Bonchev–Trinajstić information content (AvgIpc) is 3.18. The van der Waals surface area contributed by atoms with Crippen LogP contribution in [0.3, 0.4) is 0 Å². The number of aromatic nitrogens is 6. The second-order valence-electron chi connectivity index (χ2n) is 10.6. The van der Waals surface area contributed by atoms with Crippen LogP contribution in [0.2, 0.25) is 0 Å². The van der Waals surface area contributed by atoms with Crippen LogP contribution in [0.15, 0.2) is 128 Å². The van der Waals surface area contributed by atoms with E-state index in [9.17, 15) is 10.5 Å². The van der Waals surface area contributed by atoms with Crippen LogP contribution in [-0.2, 0) is 0 Å². The van der Waals surface area contributed by atoms with Gasteiger partial charge in [-0.25, -0.2) is 19.8 Å². The third kappa shape index (κ3) is 5.73. The molecule has 3 aromatic carbocycles. The van der Waals surface area contributed by atoms with Gasteiger partial charge in [-0.05, 0) is 40.5 Å². The third-order valence-corrected chi connectivity index (χ3v) is 7.80. The number of nitriles is 2. The van der Waals surface area contributed by atoms with E-state index in [-0.39, 0.29) is 0 Å². The van der Waals surface area contributed by atoms with Gasteiger partial charge in [0.2, 0.25) is 5.69 Å². The van der Waals surface area contributed by atoms with Crippen molar-refractivity contribution in [2.24, 2.45) is 0 Å². The zero-order valence-electron chi connectivity index (χ0n) is 25.1. The second kappa shape index (κ2) is 12.9. The molecule has 0 fully saturated rings. The van der Waals surface area contributed by atoms with Crippen LogP contribution in [0, 0.1) is 29.2 Å². The molecule has 0 saturated heterocycles. The fraction of sp³-hybridized carbons (Fsp3) is 0. The Balaban J connectivity index is 1.30. The topological polar surface area (TPSA) is 129 Å². The highest BCUT2D eigenvalue weighted by Crippen LogP contribution is 2.33. The molecule has 0 spiro atoms. The minimum Gasteiger partial charge on any atom is -0.276 e. The predicted molar refractivity (Wildman–Crippen MR) is 182 cm³/mol. The van der Waals surface area contributed by atoms with E-state index in [1.54, 1.807) is 37.2 Å². The quantitative estimate of drug-likeness (QED) is 0.171. The summed E-state index contributed by atoms with van der Waals surface area (Å²) in [6, 6.07) is 33.0. The van der Waals surface area contributed by atoms with E-state index in [1.165, 1.54) is 0 Å². The molecule has 0 aliphatic heterocycles. The maximum atomic E-state index is 9.56. The summed E-state index contributed by atoms with van der Waals surface area (Å²) in [5.74, 6) is 1.45. The average molecular weight is 616 g/mol. The first-order valence-electron chi connectivity index (χ1n) is 14.7. The zero-order chi connectivity index (χ0) is 32.9. The molecule has 222 valence electrons. The van der Waals surface area contributed by atoms with Crippen molar-refractivity contribution in [2.45, 2.75) is 0 Å². The normalized spacial score (nSPS) is 10.4. The zero-order valence-corrected chi connectivity index (χ0v) is 25.1. The van der Waals surface area contributed by atoms with E-state index in [1.807, 2.05) is 91.0 Å². The van der Waals surface area contributed by atoms with E-state index in [4.69, 9.17) is 21.5 Å². The largest absolute Gasteiger partial charge is 0.276 e. The highest BCUT2D eigenvalue weighted by atomic mass is 15.0. The minimum atomic E-state index is 0.476. The van der Waals surface area contributed by atoms with Gasteiger partial charge < -0.3 is 0 Å². The van der Waals surface area contributed by atoms with Crippen molar-refractivity contribution < 1.29 is 0 Å². The monoisotopic (exact) mass is 615 g/mol. The highest BCUT2D eigenvalue weighted by Gasteiger charge is 2.15. The van der Waals surface area contributed by atoms with Crippen LogP contribution in [0.4, 0.5) is 5.69 Å². The predicted octanol–water partition coefficient (Wildman–Crippen LogP) is 8.35. The van der Waals surface area contributed by atoms with E-state index in [0.29, 0.717) is 34.3 Å². The Morgan fingerprint density at radius 1 is 0.438 bits per heavy atom. The Bertz CT molecular complexity index is 2130. The van der Waals surface area contributed by atoms with Gasteiger partial charge in [0.25, 0.3) is 0 Å².